The number of hydrogen-bond donors (Lipinski definition) is 3. The van der Waals surface area contributed by atoms with E-state index in [-0.39, 0.29) is 37.1 Å². The van der Waals surface area contributed by atoms with Crippen LogP contribution in [0.4, 0.5) is 4.79 Å². The monoisotopic (exact) mass is 709 g/mol. The Hall–Kier alpha value is -4.66. The number of aromatic nitrogens is 1. The van der Waals surface area contributed by atoms with Gasteiger partial charge in [-0.3, -0.25) is 19.1 Å². The van der Waals surface area contributed by atoms with Crippen molar-refractivity contribution in [2.75, 3.05) is 19.7 Å². The summed E-state index contributed by atoms with van der Waals surface area (Å²) < 4.78 is 40.3. The van der Waals surface area contributed by atoms with Crippen molar-refractivity contribution in [2.24, 2.45) is 18.4 Å². The predicted octanol–water partition coefficient (Wildman–Crippen LogP) is 2.53. The van der Waals surface area contributed by atoms with Gasteiger partial charge in [0.15, 0.2) is 0 Å². The van der Waals surface area contributed by atoms with Crippen molar-refractivity contribution in [1.82, 2.24) is 24.8 Å². The van der Waals surface area contributed by atoms with Crippen LogP contribution < -0.4 is 15.4 Å². The Balaban J connectivity index is 1.27. The zero-order chi connectivity index (χ0) is 36.0. The Morgan fingerprint density at radius 1 is 1.16 bits per heavy atom. The Kier molecular flexibility index (Phi) is 9.31. The van der Waals surface area contributed by atoms with Crippen LogP contribution >= 0.6 is 0 Å². The lowest BCUT2D eigenvalue weighted by Gasteiger charge is -2.27. The van der Waals surface area contributed by atoms with Gasteiger partial charge in [-0.25, -0.2) is 18.0 Å². The molecule has 1 saturated heterocycles. The molecule has 2 aliphatic carbocycles. The first kappa shape index (κ1) is 35.2. The predicted molar refractivity (Wildman–Crippen MR) is 183 cm³/mol. The van der Waals surface area contributed by atoms with E-state index in [4.69, 9.17) is 9.47 Å². The van der Waals surface area contributed by atoms with Crippen molar-refractivity contribution in [2.45, 2.75) is 75.3 Å². The van der Waals surface area contributed by atoms with E-state index in [9.17, 15) is 32.4 Å². The van der Waals surface area contributed by atoms with Crippen LogP contribution in [0, 0.1) is 11.3 Å². The molecular formula is C35H43N5O9S. The molecule has 3 N–H and O–H groups in total. The maximum Gasteiger partial charge on any atom is 0.407 e. The maximum atomic E-state index is 13.9. The molecule has 6 rings (SSSR count). The molecule has 14 nitrogen and oxygen atoms in total. The molecule has 268 valence electrons. The fourth-order valence-electron chi connectivity index (χ4n) is 6.68. The van der Waals surface area contributed by atoms with E-state index in [1.807, 2.05) is 44.2 Å². The highest BCUT2D eigenvalue weighted by Crippen LogP contribution is 2.45. The van der Waals surface area contributed by atoms with Gasteiger partial charge in [0, 0.05) is 30.3 Å². The molecule has 4 atom stereocenters. The number of sulfonamides is 1. The van der Waals surface area contributed by atoms with Crippen molar-refractivity contribution in [3.63, 3.8) is 0 Å². The van der Waals surface area contributed by atoms with Crippen LogP contribution in [0.3, 0.4) is 0 Å². The summed E-state index contributed by atoms with van der Waals surface area (Å²) in [6.07, 6.45) is 6.12. The Morgan fingerprint density at radius 3 is 2.62 bits per heavy atom. The van der Waals surface area contributed by atoms with Gasteiger partial charge in [0.25, 0.3) is 5.91 Å². The quantitative estimate of drug-likeness (QED) is 0.300. The average Bonchev–Trinajstić information content (AvgIpc) is 3.97. The van der Waals surface area contributed by atoms with Crippen LogP contribution in [-0.4, -0.2) is 90.3 Å². The molecule has 1 aromatic carbocycles. The SMILES string of the molecule is C=C[C@@H]1C[C@]1(NC(=O)[C@@H]1C[C@@H]2CN1C(=O)CNC(=O)OCC(C)(C)CCC=Cc1cccc3c1cc(n3C)C(=O)O2)C(=O)NS(=O)(=O)C1CC1. The van der Waals surface area contributed by atoms with Crippen LogP contribution in [0.2, 0.25) is 0 Å². The van der Waals surface area contributed by atoms with Crippen molar-refractivity contribution < 1.29 is 41.9 Å². The van der Waals surface area contributed by atoms with Gasteiger partial charge in [0.1, 0.15) is 29.9 Å². The number of esters is 1. The number of nitrogens with one attached hydrogen (secondary N) is 3. The molecule has 2 aromatic rings. The lowest BCUT2D eigenvalue weighted by atomic mass is 9.88. The number of cyclic esters (lactones) is 1. The molecule has 0 unspecified atom stereocenters. The first-order chi connectivity index (χ1) is 23.6. The number of nitrogens with zero attached hydrogens (tertiary/aromatic N) is 2. The summed E-state index contributed by atoms with van der Waals surface area (Å²) >= 11 is 0. The number of ether oxygens (including phenoxy) is 2. The smallest absolute Gasteiger partial charge is 0.407 e. The van der Waals surface area contributed by atoms with Gasteiger partial charge in [-0.1, -0.05) is 44.2 Å². The summed E-state index contributed by atoms with van der Waals surface area (Å²) in [6.45, 7) is 7.11. The third-order valence-electron chi connectivity index (χ3n) is 10.0. The van der Waals surface area contributed by atoms with E-state index >= 15 is 0 Å². The molecule has 4 bridgehead atoms. The number of benzene rings is 1. The second-order valence-corrected chi connectivity index (χ2v) is 16.4. The number of aryl methyl sites for hydroxylation is 1. The summed E-state index contributed by atoms with van der Waals surface area (Å²) in [5, 5.41) is 5.34. The molecule has 2 saturated carbocycles. The number of allylic oxidation sites excluding steroid dienone is 1. The van der Waals surface area contributed by atoms with Gasteiger partial charge in [-0.05, 0) is 55.2 Å². The largest absolute Gasteiger partial charge is 0.456 e. The molecule has 50 heavy (non-hydrogen) atoms. The number of amides is 4. The van der Waals surface area contributed by atoms with Gasteiger partial charge in [-0.15, -0.1) is 6.58 Å². The van der Waals surface area contributed by atoms with Crippen LogP contribution in [0.25, 0.3) is 17.0 Å². The Morgan fingerprint density at radius 2 is 1.92 bits per heavy atom. The third kappa shape index (κ3) is 7.14. The van der Waals surface area contributed by atoms with E-state index in [1.54, 1.807) is 17.7 Å². The minimum absolute atomic E-state index is 0.100. The highest BCUT2D eigenvalue weighted by Gasteiger charge is 2.62. The number of carbonyl (C=O) groups excluding carboxylic acids is 5. The van der Waals surface area contributed by atoms with Crippen LogP contribution in [-0.2, 0) is 40.9 Å². The first-order valence-electron chi connectivity index (χ1n) is 16.8. The van der Waals surface area contributed by atoms with E-state index in [1.165, 1.54) is 11.0 Å². The number of rotatable bonds is 6. The fraction of sp³-hybridized carbons (Fsp3) is 0.514. The summed E-state index contributed by atoms with van der Waals surface area (Å²) in [5.74, 6) is -3.43. The van der Waals surface area contributed by atoms with Gasteiger partial charge in [0.05, 0.1) is 18.4 Å². The summed E-state index contributed by atoms with van der Waals surface area (Å²) in [5.41, 5.74) is 0.0798. The number of alkyl carbamates (subject to hydrolysis) is 1. The maximum absolute atomic E-state index is 13.9. The van der Waals surface area contributed by atoms with Crippen molar-refractivity contribution in [1.29, 1.82) is 0 Å². The molecule has 0 radical (unpaired) electrons. The van der Waals surface area contributed by atoms with E-state index in [2.05, 4.69) is 21.9 Å². The lowest BCUT2D eigenvalue weighted by Crippen LogP contribution is -2.57. The Bertz CT molecular complexity index is 1900. The molecule has 0 spiro atoms. The van der Waals surface area contributed by atoms with Crippen LogP contribution in [0.1, 0.15) is 68.4 Å². The van der Waals surface area contributed by atoms with E-state index in [0.29, 0.717) is 25.7 Å². The molecular weight excluding hydrogens is 666 g/mol. The zero-order valence-corrected chi connectivity index (χ0v) is 29.2. The fourth-order valence-corrected chi connectivity index (χ4v) is 8.04. The summed E-state index contributed by atoms with van der Waals surface area (Å²) in [6, 6.07) is 6.30. The van der Waals surface area contributed by atoms with E-state index < -0.39 is 75.2 Å². The summed E-state index contributed by atoms with van der Waals surface area (Å²) in [4.78, 5) is 68.1. The highest BCUT2D eigenvalue weighted by atomic mass is 32.2. The molecule has 1 aromatic heterocycles. The standard InChI is InChI=1S/C35H43N5O9S/c1-5-22-17-35(22,32(44)38-50(46,47)24-12-13-24)37-30(42)27-15-23-19-40(27)29(41)18-36-33(45)48-20-34(2,3)14-7-6-9-21-10-8-11-26-25(21)16-28(39(26)4)31(43)49-23/h5-6,8-11,16,22-24,27H,1,7,12-15,17-20H2,2-4H3,(H,36,45)(H,37,42)(H,38,44)/t22-,23-,27+,35-/m1/s1. The van der Waals surface area contributed by atoms with Crippen molar-refractivity contribution >= 4 is 56.8 Å². The molecule has 3 fully saturated rings. The number of fused-ring (bicyclic) bond motifs is 3. The van der Waals surface area contributed by atoms with Gasteiger partial charge in [0.2, 0.25) is 21.8 Å². The zero-order valence-electron chi connectivity index (χ0n) is 28.4. The normalized spacial score (nSPS) is 27.2. The molecule has 4 aliphatic rings. The minimum atomic E-state index is -3.90. The average molecular weight is 710 g/mol. The second-order valence-electron chi connectivity index (χ2n) is 14.4. The van der Waals surface area contributed by atoms with Crippen LogP contribution in [0.15, 0.2) is 43.0 Å². The lowest BCUT2D eigenvalue weighted by molar-refractivity contribution is -0.139. The Labute approximate surface area is 290 Å². The van der Waals surface area contributed by atoms with Crippen LogP contribution in [0.5, 0.6) is 0 Å². The molecule has 15 heteroatoms. The van der Waals surface area contributed by atoms with Gasteiger partial charge in [-0.2, -0.15) is 0 Å². The van der Waals surface area contributed by atoms with Gasteiger partial charge < -0.3 is 29.6 Å². The van der Waals surface area contributed by atoms with E-state index in [0.717, 1.165) is 16.5 Å². The molecule has 4 amide bonds. The first-order valence-corrected chi connectivity index (χ1v) is 18.4. The van der Waals surface area contributed by atoms with Crippen molar-refractivity contribution in [3.05, 3.63) is 54.3 Å². The van der Waals surface area contributed by atoms with Gasteiger partial charge >= 0.3 is 12.1 Å². The number of carbonyl (C=O) groups is 5. The number of hydrogen-bond acceptors (Lipinski definition) is 9. The minimum Gasteiger partial charge on any atom is -0.456 e. The topological polar surface area (TPSA) is 182 Å². The highest BCUT2D eigenvalue weighted by molar-refractivity contribution is 7.91. The third-order valence-corrected chi connectivity index (χ3v) is 11.8. The summed E-state index contributed by atoms with van der Waals surface area (Å²) in [7, 11) is -2.14. The van der Waals surface area contributed by atoms with Crippen molar-refractivity contribution in [3.8, 4) is 0 Å². The second kappa shape index (κ2) is 13.2. The molecule has 2 aliphatic heterocycles. The molecule has 3 heterocycles.